The Morgan fingerprint density at radius 1 is 0.871 bits per heavy atom. The molecule has 1 heterocycles. The minimum Gasteiger partial charge on any atom is -0.490 e. The maximum absolute atomic E-state index is 13.0. The lowest BCUT2D eigenvalue weighted by Gasteiger charge is -2.35. The molecule has 0 atom stereocenters. The van der Waals surface area contributed by atoms with Crippen molar-refractivity contribution in [1.29, 1.82) is 0 Å². The Morgan fingerprint density at radius 2 is 1.55 bits per heavy atom. The number of benzene rings is 2. The van der Waals surface area contributed by atoms with Gasteiger partial charge in [-0.15, -0.1) is 0 Å². The summed E-state index contributed by atoms with van der Waals surface area (Å²) in [6.07, 6.45) is 2.29. The van der Waals surface area contributed by atoms with Crippen LogP contribution in [0, 0.1) is 0 Å². The smallest absolute Gasteiger partial charge is 0.257 e. The summed E-state index contributed by atoms with van der Waals surface area (Å²) >= 11 is 0. The van der Waals surface area contributed by atoms with Gasteiger partial charge in [0.2, 0.25) is 5.91 Å². The molecule has 1 saturated heterocycles. The van der Waals surface area contributed by atoms with E-state index in [1.165, 1.54) is 5.56 Å². The molecule has 0 radical (unpaired) electrons. The van der Waals surface area contributed by atoms with Crippen LogP contribution in [0.25, 0.3) is 0 Å². The molecule has 2 amide bonds. The summed E-state index contributed by atoms with van der Waals surface area (Å²) in [7, 11) is 0. The van der Waals surface area contributed by atoms with Crippen molar-refractivity contribution in [1.82, 2.24) is 9.80 Å². The molecule has 1 aliphatic rings. The van der Waals surface area contributed by atoms with E-state index in [4.69, 9.17) is 9.47 Å². The standard InChI is InChI=1S/C25H32N2O4/c1-2-30-19-20-31-23-13-7-6-12-22(23)25(29)27-17-15-26(16-18-27)24(28)14-8-11-21-9-4-3-5-10-21/h3-7,9-10,12-13H,2,8,11,14-20H2,1H3. The highest BCUT2D eigenvalue weighted by Crippen LogP contribution is 2.21. The average molecular weight is 425 g/mol. The minimum absolute atomic E-state index is 0.0526. The van der Waals surface area contributed by atoms with Gasteiger partial charge in [-0.25, -0.2) is 0 Å². The molecule has 0 aromatic heterocycles. The van der Waals surface area contributed by atoms with E-state index in [0.717, 1.165) is 12.8 Å². The van der Waals surface area contributed by atoms with E-state index in [0.29, 0.717) is 63.7 Å². The molecular formula is C25H32N2O4. The first-order valence-corrected chi connectivity index (χ1v) is 11.1. The summed E-state index contributed by atoms with van der Waals surface area (Å²) in [4.78, 5) is 29.3. The van der Waals surface area contributed by atoms with E-state index >= 15 is 0 Å². The van der Waals surface area contributed by atoms with Crippen LogP contribution in [-0.2, 0) is 16.0 Å². The number of carbonyl (C=O) groups excluding carboxylic acids is 2. The van der Waals surface area contributed by atoms with Gasteiger partial charge in [0.25, 0.3) is 5.91 Å². The molecule has 1 fully saturated rings. The first-order chi connectivity index (χ1) is 15.2. The molecule has 1 aliphatic heterocycles. The lowest BCUT2D eigenvalue weighted by molar-refractivity contribution is -0.132. The summed E-state index contributed by atoms with van der Waals surface area (Å²) in [5.74, 6) is 0.692. The minimum atomic E-state index is -0.0526. The van der Waals surface area contributed by atoms with Gasteiger partial charge in [0.15, 0.2) is 0 Å². The van der Waals surface area contributed by atoms with Gasteiger partial charge in [0, 0.05) is 39.2 Å². The highest BCUT2D eigenvalue weighted by Gasteiger charge is 2.26. The SMILES string of the molecule is CCOCCOc1ccccc1C(=O)N1CCN(C(=O)CCCc2ccccc2)CC1. The lowest BCUT2D eigenvalue weighted by Crippen LogP contribution is -2.50. The zero-order valence-electron chi connectivity index (χ0n) is 18.3. The first-order valence-electron chi connectivity index (χ1n) is 11.1. The second-order valence-corrected chi connectivity index (χ2v) is 7.55. The van der Waals surface area contributed by atoms with Crippen LogP contribution >= 0.6 is 0 Å². The second-order valence-electron chi connectivity index (χ2n) is 7.55. The third kappa shape index (κ3) is 6.82. The topological polar surface area (TPSA) is 59.1 Å². The van der Waals surface area contributed by atoms with Gasteiger partial charge in [0.05, 0.1) is 12.2 Å². The van der Waals surface area contributed by atoms with Crippen LogP contribution in [0.3, 0.4) is 0 Å². The van der Waals surface area contributed by atoms with Gasteiger partial charge in [-0.1, -0.05) is 42.5 Å². The fourth-order valence-corrected chi connectivity index (χ4v) is 3.70. The highest BCUT2D eigenvalue weighted by atomic mass is 16.5. The highest BCUT2D eigenvalue weighted by molar-refractivity contribution is 5.97. The molecule has 31 heavy (non-hydrogen) atoms. The number of aryl methyl sites for hydroxylation is 1. The number of hydrogen-bond donors (Lipinski definition) is 0. The molecule has 0 N–H and O–H groups in total. The number of rotatable bonds is 10. The molecule has 3 rings (SSSR count). The summed E-state index contributed by atoms with van der Waals surface area (Å²) in [6.45, 7) is 5.69. The molecule has 6 heteroatoms. The Bertz CT molecular complexity index is 832. The zero-order valence-corrected chi connectivity index (χ0v) is 18.3. The van der Waals surface area contributed by atoms with E-state index in [1.807, 2.05) is 48.2 Å². The summed E-state index contributed by atoms with van der Waals surface area (Å²) in [5.41, 5.74) is 1.81. The predicted octanol–water partition coefficient (Wildman–Crippen LogP) is 3.41. The van der Waals surface area contributed by atoms with E-state index < -0.39 is 0 Å². The molecule has 2 aromatic carbocycles. The van der Waals surface area contributed by atoms with Gasteiger partial charge in [-0.05, 0) is 37.5 Å². The summed E-state index contributed by atoms with van der Waals surface area (Å²) in [6, 6.07) is 17.5. The third-order valence-electron chi connectivity index (χ3n) is 5.43. The van der Waals surface area contributed by atoms with Crippen LogP contribution in [0.4, 0.5) is 0 Å². The maximum Gasteiger partial charge on any atom is 0.257 e. The zero-order chi connectivity index (χ0) is 21.9. The Kier molecular flexibility index (Phi) is 8.91. The van der Waals surface area contributed by atoms with Crippen molar-refractivity contribution in [2.24, 2.45) is 0 Å². The van der Waals surface area contributed by atoms with Gasteiger partial charge < -0.3 is 19.3 Å². The molecule has 0 spiro atoms. The van der Waals surface area contributed by atoms with Gasteiger partial charge in [-0.3, -0.25) is 9.59 Å². The van der Waals surface area contributed by atoms with Crippen LogP contribution in [0.1, 0.15) is 35.7 Å². The van der Waals surface area contributed by atoms with Crippen LogP contribution in [0.2, 0.25) is 0 Å². The number of hydrogen-bond acceptors (Lipinski definition) is 4. The second kappa shape index (κ2) is 12.1. The fourth-order valence-electron chi connectivity index (χ4n) is 3.70. The third-order valence-corrected chi connectivity index (χ3v) is 5.43. The van der Waals surface area contributed by atoms with Gasteiger partial charge in [-0.2, -0.15) is 0 Å². The Hall–Kier alpha value is -2.86. The molecule has 0 bridgehead atoms. The van der Waals surface area contributed by atoms with E-state index in [-0.39, 0.29) is 11.8 Å². The maximum atomic E-state index is 13.0. The van der Waals surface area contributed by atoms with Crippen molar-refractivity contribution in [3.8, 4) is 5.75 Å². The molecule has 6 nitrogen and oxygen atoms in total. The number of piperazine rings is 1. The molecule has 0 saturated carbocycles. The summed E-state index contributed by atoms with van der Waals surface area (Å²) in [5, 5.41) is 0. The van der Waals surface area contributed by atoms with Crippen molar-refractivity contribution in [3.05, 3.63) is 65.7 Å². The van der Waals surface area contributed by atoms with Crippen LogP contribution < -0.4 is 4.74 Å². The Labute approximate surface area is 184 Å². The molecule has 0 aliphatic carbocycles. The largest absolute Gasteiger partial charge is 0.490 e. The van der Waals surface area contributed by atoms with Crippen molar-refractivity contribution in [2.75, 3.05) is 46.0 Å². The Morgan fingerprint density at radius 3 is 2.29 bits per heavy atom. The molecular weight excluding hydrogens is 392 g/mol. The average Bonchev–Trinajstić information content (AvgIpc) is 2.82. The number of carbonyl (C=O) groups is 2. The lowest BCUT2D eigenvalue weighted by atomic mass is 10.1. The van der Waals surface area contributed by atoms with Crippen molar-refractivity contribution >= 4 is 11.8 Å². The van der Waals surface area contributed by atoms with Crippen LogP contribution in [0.15, 0.2) is 54.6 Å². The summed E-state index contributed by atoms with van der Waals surface area (Å²) < 4.78 is 11.1. The monoisotopic (exact) mass is 424 g/mol. The molecule has 166 valence electrons. The normalized spacial score (nSPS) is 13.8. The number of para-hydroxylation sites is 1. The molecule has 0 unspecified atom stereocenters. The fraction of sp³-hybridized carbons (Fsp3) is 0.440. The number of nitrogens with zero attached hydrogens (tertiary/aromatic N) is 2. The van der Waals surface area contributed by atoms with E-state index in [2.05, 4.69) is 12.1 Å². The van der Waals surface area contributed by atoms with Gasteiger partial charge in [0.1, 0.15) is 12.4 Å². The number of amides is 2. The van der Waals surface area contributed by atoms with Crippen molar-refractivity contribution in [2.45, 2.75) is 26.2 Å². The van der Waals surface area contributed by atoms with Crippen molar-refractivity contribution in [3.63, 3.8) is 0 Å². The van der Waals surface area contributed by atoms with E-state index in [1.54, 1.807) is 11.0 Å². The van der Waals surface area contributed by atoms with Crippen molar-refractivity contribution < 1.29 is 19.1 Å². The Balaban J connectivity index is 1.46. The predicted molar refractivity (Wildman–Crippen MR) is 120 cm³/mol. The van der Waals surface area contributed by atoms with Gasteiger partial charge >= 0.3 is 0 Å². The van der Waals surface area contributed by atoms with E-state index in [9.17, 15) is 9.59 Å². The van der Waals surface area contributed by atoms with Crippen LogP contribution in [-0.4, -0.2) is 67.6 Å². The number of ether oxygens (including phenoxy) is 2. The van der Waals surface area contributed by atoms with Crippen LogP contribution in [0.5, 0.6) is 5.75 Å². The quantitative estimate of drug-likeness (QED) is 0.549. The molecule has 2 aromatic rings. The first kappa shape index (κ1) is 22.8.